The number of aryl methyl sites for hydroxylation is 1. The molecule has 0 bridgehead atoms. The van der Waals surface area contributed by atoms with Gasteiger partial charge in [-0.25, -0.2) is 0 Å². The highest BCUT2D eigenvalue weighted by atomic mass is 16.5. The minimum Gasteiger partial charge on any atom is -0.494 e. The summed E-state index contributed by atoms with van der Waals surface area (Å²) in [6, 6.07) is 10.9. The van der Waals surface area contributed by atoms with Crippen molar-refractivity contribution in [1.82, 2.24) is 10.3 Å². The summed E-state index contributed by atoms with van der Waals surface area (Å²) in [5, 5.41) is 3.35. The Bertz CT molecular complexity index is 697. The lowest BCUT2D eigenvalue weighted by Gasteiger charge is -2.27. The average molecular weight is 338 g/mol. The summed E-state index contributed by atoms with van der Waals surface area (Å²) >= 11 is 0. The van der Waals surface area contributed by atoms with Crippen molar-refractivity contribution >= 4 is 0 Å². The van der Waals surface area contributed by atoms with Crippen molar-refractivity contribution in [2.45, 2.75) is 38.1 Å². The Hall–Kier alpha value is -2.07. The van der Waals surface area contributed by atoms with E-state index < -0.39 is 0 Å². The van der Waals surface area contributed by atoms with Gasteiger partial charge in [-0.05, 0) is 68.3 Å². The van der Waals surface area contributed by atoms with Crippen LogP contribution in [0.15, 0.2) is 42.7 Å². The third-order valence-corrected chi connectivity index (χ3v) is 5.24. The van der Waals surface area contributed by atoms with Crippen LogP contribution in [0, 0.1) is 12.8 Å². The second-order valence-corrected chi connectivity index (χ2v) is 7.26. The molecule has 1 saturated heterocycles. The molecule has 0 spiro atoms. The third kappa shape index (κ3) is 4.31. The maximum atomic E-state index is 5.86. The smallest absolute Gasteiger partial charge is 0.137 e. The van der Waals surface area contributed by atoms with E-state index >= 15 is 0 Å². The Balaban J connectivity index is 1.22. The molecule has 3 atom stereocenters. The SMILES string of the molecule is Cc1ccc(OCC[C@H]2C[C@@H]2c2cncc(OC[C@@H]3CCN3)c2)cc1. The fourth-order valence-electron chi connectivity index (χ4n) is 3.34. The molecule has 4 rings (SSSR count). The number of hydrogen-bond acceptors (Lipinski definition) is 4. The van der Waals surface area contributed by atoms with Crippen LogP contribution in [-0.2, 0) is 0 Å². The van der Waals surface area contributed by atoms with E-state index in [0.29, 0.717) is 17.9 Å². The quantitative estimate of drug-likeness (QED) is 0.797. The number of hydrogen-bond donors (Lipinski definition) is 1. The summed E-state index contributed by atoms with van der Waals surface area (Å²) in [4.78, 5) is 4.36. The molecule has 1 aromatic carbocycles. The van der Waals surface area contributed by atoms with Crippen molar-refractivity contribution in [2.75, 3.05) is 19.8 Å². The van der Waals surface area contributed by atoms with Crippen molar-refractivity contribution < 1.29 is 9.47 Å². The maximum Gasteiger partial charge on any atom is 0.137 e. The van der Waals surface area contributed by atoms with Crippen LogP contribution in [0.4, 0.5) is 0 Å². The van der Waals surface area contributed by atoms with E-state index in [1.807, 2.05) is 24.5 Å². The summed E-state index contributed by atoms with van der Waals surface area (Å²) in [5.74, 6) is 3.17. The molecule has 132 valence electrons. The number of aromatic nitrogens is 1. The molecule has 0 radical (unpaired) electrons. The minimum absolute atomic E-state index is 0.510. The predicted octanol–water partition coefficient (Wildman–Crippen LogP) is 3.70. The van der Waals surface area contributed by atoms with Gasteiger partial charge in [-0.3, -0.25) is 4.98 Å². The average Bonchev–Trinajstić information content (AvgIpc) is 3.35. The fraction of sp³-hybridized carbons (Fsp3) is 0.476. The highest BCUT2D eigenvalue weighted by Crippen LogP contribution is 2.49. The predicted molar refractivity (Wildman–Crippen MR) is 98.3 cm³/mol. The lowest BCUT2D eigenvalue weighted by molar-refractivity contribution is 0.216. The van der Waals surface area contributed by atoms with Gasteiger partial charge in [-0.2, -0.15) is 0 Å². The zero-order valence-electron chi connectivity index (χ0n) is 14.8. The summed E-state index contributed by atoms with van der Waals surface area (Å²) in [6.45, 7) is 4.72. The second-order valence-electron chi connectivity index (χ2n) is 7.26. The molecule has 1 N–H and O–H groups in total. The van der Waals surface area contributed by atoms with E-state index in [-0.39, 0.29) is 0 Å². The molecular weight excluding hydrogens is 312 g/mol. The van der Waals surface area contributed by atoms with Crippen LogP contribution < -0.4 is 14.8 Å². The van der Waals surface area contributed by atoms with Crippen LogP contribution >= 0.6 is 0 Å². The molecule has 0 unspecified atom stereocenters. The Morgan fingerprint density at radius 2 is 1.96 bits per heavy atom. The van der Waals surface area contributed by atoms with Gasteiger partial charge in [0.2, 0.25) is 0 Å². The summed E-state index contributed by atoms with van der Waals surface area (Å²) in [5.41, 5.74) is 2.57. The maximum absolute atomic E-state index is 5.86. The van der Waals surface area contributed by atoms with Gasteiger partial charge < -0.3 is 14.8 Å². The van der Waals surface area contributed by atoms with Crippen LogP contribution in [0.25, 0.3) is 0 Å². The van der Waals surface area contributed by atoms with E-state index in [1.165, 1.54) is 24.0 Å². The van der Waals surface area contributed by atoms with Gasteiger partial charge in [0.25, 0.3) is 0 Å². The first-order valence-corrected chi connectivity index (χ1v) is 9.28. The van der Waals surface area contributed by atoms with Crippen molar-refractivity contribution in [3.05, 3.63) is 53.9 Å². The number of nitrogens with zero attached hydrogens (tertiary/aromatic N) is 1. The fourth-order valence-corrected chi connectivity index (χ4v) is 3.34. The molecule has 2 aromatic rings. The molecule has 0 amide bonds. The Labute approximate surface area is 149 Å². The van der Waals surface area contributed by atoms with E-state index in [9.17, 15) is 0 Å². The van der Waals surface area contributed by atoms with Gasteiger partial charge in [0.15, 0.2) is 0 Å². The molecule has 1 saturated carbocycles. The van der Waals surface area contributed by atoms with Gasteiger partial charge in [-0.15, -0.1) is 0 Å². The summed E-state index contributed by atoms with van der Waals surface area (Å²) < 4.78 is 11.7. The zero-order valence-corrected chi connectivity index (χ0v) is 14.8. The number of ether oxygens (including phenoxy) is 2. The van der Waals surface area contributed by atoms with Crippen LogP contribution in [0.3, 0.4) is 0 Å². The molecule has 1 aromatic heterocycles. The number of rotatable bonds is 8. The van der Waals surface area contributed by atoms with Crippen molar-refractivity contribution in [1.29, 1.82) is 0 Å². The molecule has 1 aliphatic heterocycles. The van der Waals surface area contributed by atoms with Crippen molar-refractivity contribution in [3.8, 4) is 11.5 Å². The Morgan fingerprint density at radius 1 is 1.12 bits per heavy atom. The molecule has 2 aliphatic rings. The molecule has 25 heavy (non-hydrogen) atoms. The van der Waals surface area contributed by atoms with Crippen LogP contribution in [-0.4, -0.2) is 30.8 Å². The lowest BCUT2D eigenvalue weighted by Crippen LogP contribution is -2.46. The first-order chi connectivity index (χ1) is 12.3. The normalized spacial score (nSPS) is 24.4. The first-order valence-electron chi connectivity index (χ1n) is 9.28. The van der Waals surface area contributed by atoms with Gasteiger partial charge in [0.05, 0.1) is 12.8 Å². The van der Waals surface area contributed by atoms with Crippen LogP contribution in [0.5, 0.6) is 11.5 Å². The minimum atomic E-state index is 0.510. The lowest BCUT2D eigenvalue weighted by atomic mass is 10.1. The Kier molecular flexibility index (Phi) is 4.88. The third-order valence-electron chi connectivity index (χ3n) is 5.24. The molecule has 4 nitrogen and oxygen atoms in total. The number of pyridine rings is 1. The topological polar surface area (TPSA) is 43.4 Å². The molecule has 2 fully saturated rings. The summed E-state index contributed by atoms with van der Waals surface area (Å²) in [6.07, 6.45) is 7.33. The van der Waals surface area contributed by atoms with Crippen molar-refractivity contribution in [2.24, 2.45) is 5.92 Å². The van der Waals surface area contributed by atoms with Gasteiger partial charge in [0.1, 0.15) is 18.1 Å². The van der Waals surface area contributed by atoms with Crippen LogP contribution in [0.1, 0.15) is 36.3 Å². The number of nitrogens with one attached hydrogen (secondary N) is 1. The van der Waals surface area contributed by atoms with E-state index in [2.05, 4.69) is 35.4 Å². The van der Waals surface area contributed by atoms with E-state index in [4.69, 9.17) is 9.47 Å². The van der Waals surface area contributed by atoms with Crippen LogP contribution in [0.2, 0.25) is 0 Å². The zero-order chi connectivity index (χ0) is 17.1. The van der Waals surface area contributed by atoms with Gasteiger partial charge in [0, 0.05) is 12.2 Å². The number of benzene rings is 1. The van der Waals surface area contributed by atoms with E-state index in [0.717, 1.165) is 37.7 Å². The highest BCUT2D eigenvalue weighted by molar-refractivity contribution is 5.30. The van der Waals surface area contributed by atoms with Gasteiger partial charge >= 0.3 is 0 Å². The monoisotopic (exact) mass is 338 g/mol. The standard InChI is InChI=1S/C21H26N2O2/c1-15-2-4-19(5-3-15)24-9-7-16-11-21(16)17-10-20(13-22-12-17)25-14-18-6-8-23-18/h2-5,10,12-13,16,18,21,23H,6-9,11,14H2,1H3/t16-,18-,21-/m0/s1. The molecular formula is C21H26N2O2. The molecule has 4 heteroatoms. The summed E-state index contributed by atoms with van der Waals surface area (Å²) in [7, 11) is 0. The Morgan fingerprint density at radius 3 is 2.72 bits per heavy atom. The van der Waals surface area contributed by atoms with Gasteiger partial charge in [-0.1, -0.05) is 17.7 Å². The van der Waals surface area contributed by atoms with E-state index in [1.54, 1.807) is 0 Å². The molecule has 2 heterocycles. The van der Waals surface area contributed by atoms with Crippen molar-refractivity contribution in [3.63, 3.8) is 0 Å². The first kappa shape index (κ1) is 16.4. The second kappa shape index (κ2) is 7.44. The molecule has 1 aliphatic carbocycles. The largest absolute Gasteiger partial charge is 0.494 e. The highest BCUT2D eigenvalue weighted by Gasteiger charge is 2.38.